The Hall–Kier alpha value is -2.34. The van der Waals surface area contributed by atoms with Crippen molar-refractivity contribution in [2.24, 2.45) is 4.99 Å². The van der Waals surface area contributed by atoms with Gasteiger partial charge in [-0.1, -0.05) is 30.3 Å². The minimum Gasteiger partial charge on any atom is -0.382 e. The largest absolute Gasteiger partial charge is 0.382 e. The average Bonchev–Trinajstić information content (AvgIpc) is 3.11. The Morgan fingerprint density at radius 1 is 1.15 bits per heavy atom. The molecule has 2 N–H and O–H groups in total. The van der Waals surface area contributed by atoms with Crippen LogP contribution < -0.4 is 10.6 Å². The van der Waals surface area contributed by atoms with E-state index in [4.69, 9.17) is 4.74 Å². The van der Waals surface area contributed by atoms with Crippen molar-refractivity contribution in [3.8, 4) is 0 Å². The van der Waals surface area contributed by atoms with Gasteiger partial charge in [0.1, 0.15) is 5.82 Å². The lowest BCUT2D eigenvalue weighted by atomic mass is 10.2. The van der Waals surface area contributed by atoms with Crippen molar-refractivity contribution >= 4 is 5.96 Å². The molecule has 0 aliphatic carbocycles. The lowest BCUT2D eigenvalue weighted by Gasteiger charge is -2.12. The van der Waals surface area contributed by atoms with E-state index in [0.29, 0.717) is 0 Å². The lowest BCUT2D eigenvalue weighted by Crippen LogP contribution is -2.39. The summed E-state index contributed by atoms with van der Waals surface area (Å²) in [7, 11) is 1.80. The number of nitrogens with zero attached hydrogens (tertiary/aromatic N) is 3. The molecule has 0 radical (unpaired) electrons. The van der Waals surface area contributed by atoms with Crippen molar-refractivity contribution in [2.45, 2.75) is 32.7 Å². The maximum atomic E-state index is 5.34. The quantitative estimate of drug-likeness (QED) is 0.368. The molecule has 0 saturated carbocycles. The molecule has 0 saturated heterocycles. The molecular formula is C20H31N5O. The van der Waals surface area contributed by atoms with Gasteiger partial charge in [0, 0.05) is 58.7 Å². The number of imidazole rings is 1. The summed E-state index contributed by atoms with van der Waals surface area (Å²) in [5.74, 6) is 1.91. The van der Waals surface area contributed by atoms with E-state index in [1.165, 1.54) is 5.56 Å². The van der Waals surface area contributed by atoms with Crippen LogP contribution in [0.25, 0.3) is 0 Å². The van der Waals surface area contributed by atoms with Crippen LogP contribution in [-0.4, -0.2) is 48.9 Å². The highest BCUT2D eigenvalue weighted by Crippen LogP contribution is 2.05. The molecule has 1 aromatic carbocycles. The molecule has 0 aliphatic rings. The van der Waals surface area contributed by atoms with Gasteiger partial charge in [-0.05, 0) is 25.3 Å². The highest BCUT2D eigenvalue weighted by Gasteiger charge is 2.04. The molecule has 0 amide bonds. The monoisotopic (exact) mass is 357 g/mol. The number of benzene rings is 1. The summed E-state index contributed by atoms with van der Waals surface area (Å²) in [6.45, 7) is 6.18. The number of rotatable bonds is 11. The van der Waals surface area contributed by atoms with Gasteiger partial charge < -0.3 is 19.9 Å². The summed E-state index contributed by atoms with van der Waals surface area (Å²) in [5, 5.41) is 6.69. The number of aliphatic imine (C=N–C) groups is 1. The summed E-state index contributed by atoms with van der Waals surface area (Å²) >= 11 is 0. The lowest BCUT2D eigenvalue weighted by molar-refractivity contribution is 0.143. The first-order valence-corrected chi connectivity index (χ1v) is 9.39. The van der Waals surface area contributed by atoms with Crippen LogP contribution in [0.2, 0.25) is 0 Å². The van der Waals surface area contributed by atoms with Gasteiger partial charge in [0.05, 0.1) is 0 Å². The van der Waals surface area contributed by atoms with E-state index in [1.54, 1.807) is 7.05 Å². The zero-order chi connectivity index (χ0) is 18.5. The Labute approximate surface area is 156 Å². The van der Waals surface area contributed by atoms with E-state index in [-0.39, 0.29) is 0 Å². The highest BCUT2D eigenvalue weighted by atomic mass is 16.5. The van der Waals surface area contributed by atoms with Crippen LogP contribution in [0.15, 0.2) is 47.7 Å². The van der Waals surface area contributed by atoms with Crippen LogP contribution in [0.4, 0.5) is 0 Å². The van der Waals surface area contributed by atoms with Crippen LogP contribution in [0, 0.1) is 0 Å². The number of ether oxygens (including phenoxy) is 1. The first kappa shape index (κ1) is 20.0. The van der Waals surface area contributed by atoms with E-state index in [9.17, 15) is 0 Å². The third-order valence-electron chi connectivity index (χ3n) is 4.07. The van der Waals surface area contributed by atoms with Crippen LogP contribution >= 0.6 is 0 Å². The summed E-state index contributed by atoms with van der Waals surface area (Å²) in [4.78, 5) is 8.75. The van der Waals surface area contributed by atoms with Gasteiger partial charge >= 0.3 is 0 Å². The second-order valence-corrected chi connectivity index (χ2v) is 6.04. The first-order valence-electron chi connectivity index (χ1n) is 9.39. The molecule has 142 valence electrons. The molecule has 0 fully saturated rings. The number of guanidine groups is 1. The maximum Gasteiger partial charge on any atom is 0.190 e. The number of nitrogens with one attached hydrogen (secondary N) is 2. The van der Waals surface area contributed by atoms with Gasteiger partial charge in [0.15, 0.2) is 5.96 Å². The molecule has 26 heavy (non-hydrogen) atoms. The van der Waals surface area contributed by atoms with E-state index < -0.39 is 0 Å². The molecule has 2 rings (SSSR count). The van der Waals surface area contributed by atoms with Crippen molar-refractivity contribution in [2.75, 3.05) is 33.4 Å². The minimum absolute atomic E-state index is 0.788. The standard InChI is InChI=1S/C20H31N5O/c1-3-26-16-8-7-12-23-20(21-2)24-13-11-19-22-14-15-25(19)17-18-9-5-4-6-10-18/h4-6,9-10,14-15H,3,7-8,11-13,16-17H2,1-2H3,(H2,21,23,24). The summed E-state index contributed by atoms with van der Waals surface area (Å²) in [5.41, 5.74) is 1.28. The molecular weight excluding hydrogens is 326 g/mol. The van der Waals surface area contributed by atoms with E-state index >= 15 is 0 Å². The van der Waals surface area contributed by atoms with Crippen molar-refractivity contribution in [1.82, 2.24) is 20.2 Å². The second kappa shape index (κ2) is 12.1. The van der Waals surface area contributed by atoms with E-state index in [2.05, 4.69) is 49.4 Å². The van der Waals surface area contributed by atoms with Gasteiger partial charge in [-0.3, -0.25) is 4.99 Å². The van der Waals surface area contributed by atoms with Crippen LogP contribution in [0.5, 0.6) is 0 Å². The predicted octanol–water partition coefficient (Wildman–Crippen LogP) is 2.46. The zero-order valence-corrected chi connectivity index (χ0v) is 15.9. The molecule has 0 spiro atoms. The minimum atomic E-state index is 0.788. The Morgan fingerprint density at radius 2 is 1.96 bits per heavy atom. The fraction of sp³-hybridized carbons (Fsp3) is 0.500. The summed E-state index contributed by atoms with van der Waals surface area (Å²) in [6, 6.07) is 10.4. The molecule has 0 atom stereocenters. The second-order valence-electron chi connectivity index (χ2n) is 6.04. The van der Waals surface area contributed by atoms with Gasteiger partial charge in [0.2, 0.25) is 0 Å². The first-order chi connectivity index (χ1) is 12.8. The molecule has 2 aromatic rings. The van der Waals surface area contributed by atoms with Gasteiger partial charge in [-0.2, -0.15) is 0 Å². The van der Waals surface area contributed by atoms with Crippen molar-refractivity contribution in [1.29, 1.82) is 0 Å². The SMILES string of the molecule is CCOCCCCNC(=NC)NCCc1nccn1Cc1ccccc1. The Morgan fingerprint density at radius 3 is 2.73 bits per heavy atom. The smallest absolute Gasteiger partial charge is 0.190 e. The van der Waals surface area contributed by atoms with Crippen molar-refractivity contribution in [3.05, 3.63) is 54.1 Å². The normalized spacial score (nSPS) is 11.5. The Balaban J connectivity index is 1.69. The topological polar surface area (TPSA) is 63.5 Å². The third-order valence-corrected chi connectivity index (χ3v) is 4.07. The molecule has 0 unspecified atom stereocenters. The number of aromatic nitrogens is 2. The summed E-state index contributed by atoms with van der Waals surface area (Å²) < 4.78 is 7.54. The fourth-order valence-electron chi connectivity index (χ4n) is 2.69. The van der Waals surface area contributed by atoms with Crippen molar-refractivity contribution < 1.29 is 4.74 Å². The predicted molar refractivity (Wildman–Crippen MR) is 107 cm³/mol. The molecule has 1 aromatic heterocycles. The zero-order valence-electron chi connectivity index (χ0n) is 15.9. The maximum absolute atomic E-state index is 5.34. The van der Waals surface area contributed by atoms with Crippen molar-refractivity contribution in [3.63, 3.8) is 0 Å². The Bertz CT molecular complexity index is 639. The van der Waals surface area contributed by atoms with Gasteiger partial charge in [-0.25, -0.2) is 4.98 Å². The van der Waals surface area contributed by atoms with Gasteiger partial charge in [0.25, 0.3) is 0 Å². The van der Waals surface area contributed by atoms with E-state index in [1.807, 2.05) is 25.4 Å². The molecule has 6 nitrogen and oxygen atoms in total. The van der Waals surface area contributed by atoms with Crippen LogP contribution in [0.1, 0.15) is 31.2 Å². The third kappa shape index (κ3) is 7.27. The fourth-order valence-corrected chi connectivity index (χ4v) is 2.69. The van der Waals surface area contributed by atoms with Gasteiger partial charge in [-0.15, -0.1) is 0 Å². The summed E-state index contributed by atoms with van der Waals surface area (Å²) in [6.07, 6.45) is 6.89. The number of hydrogen-bond acceptors (Lipinski definition) is 3. The average molecular weight is 358 g/mol. The highest BCUT2D eigenvalue weighted by molar-refractivity contribution is 5.79. The number of unbranched alkanes of at least 4 members (excludes halogenated alkanes) is 1. The molecule has 1 heterocycles. The Kier molecular flexibility index (Phi) is 9.29. The number of hydrogen-bond donors (Lipinski definition) is 2. The molecule has 0 aliphatic heterocycles. The van der Waals surface area contributed by atoms with Crippen LogP contribution in [0.3, 0.4) is 0 Å². The van der Waals surface area contributed by atoms with E-state index in [0.717, 1.165) is 63.9 Å². The van der Waals surface area contributed by atoms with Crippen LogP contribution in [-0.2, 0) is 17.7 Å². The molecule has 0 bridgehead atoms. The molecule has 6 heteroatoms.